The molecule has 1 aromatic carbocycles. The summed E-state index contributed by atoms with van der Waals surface area (Å²) < 4.78 is 29.3. The molecule has 0 aliphatic carbocycles. The van der Waals surface area contributed by atoms with E-state index in [4.69, 9.17) is 16.3 Å². The first-order valence-corrected chi connectivity index (χ1v) is 10.8. The minimum Gasteiger partial charge on any atom is -0.453 e. The maximum Gasteiger partial charge on any atom is 0.345 e. The van der Waals surface area contributed by atoms with E-state index in [0.717, 1.165) is 34.6 Å². The van der Waals surface area contributed by atoms with E-state index in [1.54, 1.807) is 12.1 Å². The fourth-order valence-electron chi connectivity index (χ4n) is 2.13. The quantitative estimate of drug-likeness (QED) is 0.270. The summed E-state index contributed by atoms with van der Waals surface area (Å²) in [6.45, 7) is -0.398. The predicted octanol–water partition coefficient (Wildman–Crippen LogP) is 2.44. The largest absolute Gasteiger partial charge is 0.453 e. The van der Waals surface area contributed by atoms with Gasteiger partial charge in [-0.2, -0.15) is 0 Å². The number of benzene rings is 1. The van der Waals surface area contributed by atoms with Crippen LogP contribution in [0.5, 0.6) is 0 Å². The van der Waals surface area contributed by atoms with Crippen LogP contribution in [0.3, 0.4) is 0 Å². The van der Waals surface area contributed by atoms with Gasteiger partial charge in [-0.25, -0.2) is 17.9 Å². The number of nitrogens with zero attached hydrogens (tertiary/aromatic N) is 1. The summed E-state index contributed by atoms with van der Waals surface area (Å²) in [5, 5.41) is 11.1. The van der Waals surface area contributed by atoms with Crippen molar-refractivity contribution in [1.82, 2.24) is 4.72 Å². The number of ketones is 1. The van der Waals surface area contributed by atoms with Crippen LogP contribution in [0, 0.1) is 10.1 Å². The van der Waals surface area contributed by atoms with Crippen molar-refractivity contribution in [3.8, 4) is 0 Å². The zero-order valence-electron chi connectivity index (χ0n) is 14.5. The first kappa shape index (κ1) is 22.0. The van der Waals surface area contributed by atoms with Crippen molar-refractivity contribution in [1.29, 1.82) is 0 Å². The lowest BCUT2D eigenvalue weighted by molar-refractivity contribution is -0.385. The molecule has 1 aromatic heterocycles. The van der Waals surface area contributed by atoms with Crippen LogP contribution in [0.25, 0.3) is 0 Å². The molecule has 2 rings (SSSR count). The molecule has 1 heterocycles. The third-order valence-electron chi connectivity index (χ3n) is 3.38. The third-order valence-corrected chi connectivity index (χ3v) is 5.53. The number of carbonyl (C=O) groups is 2. The van der Waals surface area contributed by atoms with Crippen molar-refractivity contribution in [2.45, 2.75) is 6.42 Å². The molecule has 0 amide bonds. The van der Waals surface area contributed by atoms with Crippen LogP contribution in [-0.4, -0.2) is 44.5 Å². The summed E-state index contributed by atoms with van der Waals surface area (Å²) in [5.74, 6) is -1.51. The van der Waals surface area contributed by atoms with Crippen LogP contribution >= 0.6 is 22.9 Å². The lowest BCUT2D eigenvalue weighted by Gasteiger charge is -2.05. The zero-order chi connectivity index (χ0) is 20.9. The van der Waals surface area contributed by atoms with Gasteiger partial charge in [0.1, 0.15) is 5.56 Å². The van der Waals surface area contributed by atoms with Crippen LogP contribution in [0.4, 0.5) is 5.69 Å². The van der Waals surface area contributed by atoms with Crippen LogP contribution < -0.4 is 4.72 Å². The van der Waals surface area contributed by atoms with Crippen molar-refractivity contribution < 1.29 is 27.7 Å². The molecule has 0 bridgehead atoms. The second-order valence-electron chi connectivity index (χ2n) is 5.60. The fourth-order valence-corrected chi connectivity index (χ4v) is 3.71. The summed E-state index contributed by atoms with van der Waals surface area (Å²) in [5.41, 5.74) is -0.817. The highest BCUT2D eigenvalue weighted by atomic mass is 35.5. The molecular weight excluding hydrogens is 432 g/mol. The number of esters is 1. The lowest BCUT2D eigenvalue weighted by atomic mass is 10.2. The highest BCUT2D eigenvalue weighted by Gasteiger charge is 2.23. The minimum absolute atomic E-state index is 0.120. The van der Waals surface area contributed by atoms with E-state index in [1.165, 1.54) is 6.07 Å². The van der Waals surface area contributed by atoms with Crippen LogP contribution in [-0.2, 0) is 21.2 Å². The molecule has 0 unspecified atom stereocenters. The van der Waals surface area contributed by atoms with Gasteiger partial charge in [-0.3, -0.25) is 14.9 Å². The maximum atomic E-state index is 12.2. The number of Topliss-reactive ketones (excluding diaryl/α,β-unsaturated/α-hetero) is 1. The van der Waals surface area contributed by atoms with Crippen molar-refractivity contribution in [3.63, 3.8) is 0 Å². The van der Waals surface area contributed by atoms with Gasteiger partial charge in [0.15, 0.2) is 6.61 Å². The number of halogens is 1. The molecule has 0 saturated heterocycles. The summed E-state index contributed by atoms with van der Waals surface area (Å²) in [4.78, 5) is 35.6. The van der Waals surface area contributed by atoms with Crippen molar-refractivity contribution >= 4 is 50.4 Å². The van der Waals surface area contributed by atoms with Gasteiger partial charge in [-0.15, -0.1) is 11.3 Å². The molecular formula is C16H15ClN2O7S2. The summed E-state index contributed by atoms with van der Waals surface area (Å²) in [7, 11) is -3.29. The molecule has 12 heteroatoms. The fraction of sp³-hybridized carbons (Fsp3) is 0.250. The summed E-state index contributed by atoms with van der Waals surface area (Å²) >= 11 is 6.90. The number of hydrogen-bond acceptors (Lipinski definition) is 8. The average Bonchev–Trinajstić information content (AvgIpc) is 3.06. The molecule has 2 aromatic rings. The molecule has 0 aliphatic rings. The van der Waals surface area contributed by atoms with E-state index < -0.39 is 39.0 Å². The zero-order valence-corrected chi connectivity index (χ0v) is 16.9. The van der Waals surface area contributed by atoms with E-state index >= 15 is 0 Å². The number of hydrogen-bond donors (Lipinski definition) is 1. The second-order valence-corrected chi connectivity index (χ2v) is 9.04. The van der Waals surface area contributed by atoms with Gasteiger partial charge in [-0.05, 0) is 30.7 Å². The van der Waals surface area contributed by atoms with Crippen molar-refractivity contribution in [3.05, 3.63) is 60.8 Å². The predicted molar refractivity (Wildman–Crippen MR) is 104 cm³/mol. The molecule has 0 aliphatic heterocycles. The summed E-state index contributed by atoms with van der Waals surface area (Å²) in [6, 6.07) is 6.67. The lowest BCUT2D eigenvalue weighted by Crippen LogP contribution is -2.24. The number of thiophene rings is 1. The van der Waals surface area contributed by atoms with Gasteiger partial charge < -0.3 is 4.74 Å². The van der Waals surface area contributed by atoms with Crippen molar-refractivity contribution in [2.24, 2.45) is 0 Å². The van der Waals surface area contributed by atoms with Gasteiger partial charge in [0.05, 0.1) is 16.1 Å². The van der Waals surface area contributed by atoms with Gasteiger partial charge in [0, 0.05) is 22.5 Å². The number of nitro benzene ring substituents is 1. The molecule has 28 heavy (non-hydrogen) atoms. The van der Waals surface area contributed by atoms with E-state index in [0.29, 0.717) is 11.3 Å². The van der Waals surface area contributed by atoms with Crippen LogP contribution in [0.2, 0.25) is 5.02 Å². The summed E-state index contributed by atoms with van der Waals surface area (Å²) in [6.07, 6.45) is 1.45. The Morgan fingerprint density at radius 1 is 1.29 bits per heavy atom. The number of carbonyl (C=O) groups excluding carboxylic acids is 2. The molecule has 150 valence electrons. The Hall–Kier alpha value is -2.34. The molecule has 0 radical (unpaired) electrons. The minimum atomic E-state index is -3.29. The Bertz CT molecular complexity index is 1020. The van der Waals surface area contributed by atoms with E-state index in [9.17, 15) is 28.1 Å². The Labute approximate surface area is 169 Å². The van der Waals surface area contributed by atoms with Crippen LogP contribution in [0.15, 0.2) is 30.3 Å². The highest BCUT2D eigenvalue weighted by molar-refractivity contribution is 7.88. The third kappa shape index (κ3) is 6.37. The van der Waals surface area contributed by atoms with Gasteiger partial charge >= 0.3 is 5.97 Å². The average molecular weight is 447 g/mol. The first-order chi connectivity index (χ1) is 13.1. The maximum absolute atomic E-state index is 12.2. The Balaban J connectivity index is 1.97. The first-order valence-electron chi connectivity index (χ1n) is 7.74. The number of nitro groups is 1. The SMILES string of the molecule is CS(=O)(=O)NCCc1ccc(C(=O)COC(=O)c2cc(Cl)ccc2[N+](=O)[O-])s1. The van der Waals surface area contributed by atoms with Gasteiger partial charge in [0.2, 0.25) is 15.8 Å². The smallest absolute Gasteiger partial charge is 0.345 e. The van der Waals surface area contributed by atoms with Crippen molar-refractivity contribution in [2.75, 3.05) is 19.4 Å². The van der Waals surface area contributed by atoms with E-state index in [-0.39, 0.29) is 17.1 Å². The van der Waals surface area contributed by atoms with Gasteiger partial charge in [-0.1, -0.05) is 11.6 Å². The number of nitrogens with one attached hydrogen (secondary N) is 1. The number of sulfonamides is 1. The molecule has 9 nitrogen and oxygen atoms in total. The normalized spacial score (nSPS) is 11.2. The van der Waals surface area contributed by atoms with E-state index in [2.05, 4.69) is 4.72 Å². The standard InChI is InChI=1S/C16H15ClN2O7S2/c1-28(24,25)18-7-6-11-3-5-15(27-11)14(20)9-26-16(21)12-8-10(17)2-4-13(12)19(22)23/h2-5,8,18H,6-7,9H2,1H3. The Morgan fingerprint density at radius 3 is 2.64 bits per heavy atom. The Kier molecular flexibility index (Phi) is 7.24. The molecule has 0 atom stereocenters. The molecule has 1 N–H and O–H groups in total. The monoisotopic (exact) mass is 446 g/mol. The molecule has 0 saturated carbocycles. The number of rotatable bonds is 9. The number of ether oxygens (including phenoxy) is 1. The highest BCUT2D eigenvalue weighted by Crippen LogP contribution is 2.24. The van der Waals surface area contributed by atoms with Crippen LogP contribution in [0.1, 0.15) is 24.9 Å². The van der Waals surface area contributed by atoms with E-state index in [1.807, 2.05) is 0 Å². The topological polar surface area (TPSA) is 133 Å². The Morgan fingerprint density at radius 2 is 2.00 bits per heavy atom. The molecule has 0 fully saturated rings. The second kappa shape index (κ2) is 9.24. The van der Waals surface area contributed by atoms with Gasteiger partial charge in [0.25, 0.3) is 5.69 Å². The molecule has 0 spiro atoms.